The van der Waals surface area contributed by atoms with Crippen LogP contribution in [0.3, 0.4) is 0 Å². The van der Waals surface area contributed by atoms with Gasteiger partial charge in [0.2, 0.25) is 0 Å². The van der Waals surface area contributed by atoms with Crippen LogP contribution in [-0.4, -0.2) is 25.2 Å². The molecule has 0 aliphatic rings. The molecule has 120 valence electrons. The number of rotatable bonds is 9. The molecule has 1 atom stereocenters. The monoisotopic (exact) mass is 315 g/mol. The Bertz CT molecular complexity index is 476. The van der Waals surface area contributed by atoms with E-state index < -0.39 is 7.60 Å². The van der Waals surface area contributed by atoms with Crippen molar-refractivity contribution in [1.29, 1.82) is 0 Å². The van der Waals surface area contributed by atoms with Gasteiger partial charge < -0.3 is 19.5 Å². The largest absolute Gasteiger partial charge is 0.399 e. The highest BCUT2D eigenvalue weighted by Gasteiger charge is 2.27. The maximum absolute atomic E-state index is 12.6. The zero-order chi connectivity index (χ0) is 15.9. The molecule has 0 fully saturated rings. The van der Waals surface area contributed by atoms with E-state index >= 15 is 0 Å². The molecule has 0 saturated heterocycles. The maximum atomic E-state index is 12.6. The van der Waals surface area contributed by atoms with Crippen molar-refractivity contribution in [2.24, 2.45) is 0 Å². The van der Waals surface area contributed by atoms with Gasteiger partial charge in [-0.3, -0.25) is 4.57 Å². The number of nitrogens with two attached hydrogens (primary N) is 1. The van der Waals surface area contributed by atoms with Crippen molar-refractivity contribution < 1.29 is 18.3 Å². The molecule has 1 rings (SSSR count). The van der Waals surface area contributed by atoms with E-state index in [0.29, 0.717) is 18.7 Å². The predicted octanol–water partition coefficient (Wildman–Crippen LogP) is 3.83. The summed E-state index contributed by atoms with van der Waals surface area (Å²) in [5, 5.41) is 0. The number of hydrogen-bond acceptors (Lipinski definition) is 5. The van der Waals surface area contributed by atoms with Crippen LogP contribution in [0, 0.1) is 0 Å². The summed E-state index contributed by atoms with van der Waals surface area (Å²) < 4.78 is 28.9. The van der Waals surface area contributed by atoms with Gasteiger partial charge in [0.05, 0.1) is 18.8 Å². The molecule has 0 amide bonds. The maximum Gasteiger partial charge on any atom is 0.356 e. The van der Waals surface area contributed by atoms with E-state index in [1.165, 1.54) is 0 Å². The molecule has 0 spiro atoms. The summed E-state index contributed by atoms with van der Waals surface area (Å²) in [5.41, 5.74) is 7.47. The fourth-order valence-electron chi connectivity index (χ4n) is 1.71. The summed E-state index contributed by atoms with van der Waals surface area (Å²) in [7, 11) is -3.23. The second-order valence-corrected chi connectivity index (χ2v) is 7.39. The second-order valence-electron chi connectivity index (χ2n) is 5.44. The topological polar surface area (TPSA) is 70.8 Å². The lowest BCUT2D eigenvalue weighted by Crippen LogP contribution is -2.12. The lowest BCUT2D eigenvalue weighted by Gasteiger charge is -2.21. The molecule has 0 bridgehead atoms. The van der Waals surface area contributed by atoms with Gasteiger partial charge in [0.25, 0.3) is 0 Å². The van der Waals surface area contributed by atoms with Crippen LogP contribution < -0.4 is 5.73 Å². The van der Waals surface area contributed by atoms with Gasteiger partial charge in [-0.2, -0.15) is 0 Å². The Morgan fingerprint density at radius 3 is 2.48 bits per heavy atom. The Balaban J connectivity index is 2.54. The van der Waals surface area contributed by atoms with Gasteiger partial charge in [-0.25, -0.2) is 0 Å². The van der Waals surface area contributed by atoms with Gasteiger partial charge in [0.15, 0.2) is 0 Å². The summed E-state index contributed by atoms with van der Waals surface area (Å²) in [6.07, 6.45) is 0.392. The Morgan fingerprint density at radius 2 is 1.90 bits per heavy atom. The first-order chi connectivity index (χ1) is 9.81. The first kappa shape index (κ1) is 18.2. The number of benzene rings is 1. The van der Waals surface area contributed by atoms with Crippen LogP contribution in [0.15, 0.2) is 24.3 Å². The van der Waals surface area contributed by atoms with Crippen molar-refractivity contribution in [3.63, 3.8) is 0 Å². The molecule has 21 heavy (non-hydrogen) atoms. The molecule has 0 aliphatic heterocycles. The van der Waals surface area contributed by atoms with Gasteiger partial charge in [0.1, 0.15) is 6.35 Å². The fraction of sp³-hybridized carbons (Fsp3) is 0.600. The second kappa shape index (κ2) is 8.54. The Kier molecular flexibility index (Phi) is 7.40. The van der Waals surface area contributed by atoms with E-state index in [4.69, 9.17) is 19.5 Å². The van der Waals surface area contributed by atoms with Crippen molar-refractivity contribution in [1.82, 2.24) is 0 Å². The van der Waals surface area contributed by atoms with Crippen LogP contribution in [0.5, 0.6) is 0 Å². The highest BCUT2D eigenvalue weighted by Crippen LogP contribution is 2.49. The highest BCUT2D eigenvalue weighted by molar-refractivity contribution is 7.53. The minimum absolute atomic E-state index is 0.0217. The molecule has 0 aromatic heterocycles. The third kappa shape index (κ3) is 7.63. The van der Waals surface area contributed by atoms with E-state index in [-0.39, 0.29) is 18.6 Å². The number of nitrogen functional groups attached to an aromatic ring is 1. The molecule has 1 aromatic carbocycles. The normalized spacial score (nSPS) is 14.6. The number of anilines is 1. The van der Waals surface area contributed by atoms with Gasteiger partial charge >= 0.3 is 7.60 Å². The SMILES string of the molecule is CC(C)OCP(=O)(OCCc1cccc(N)c1)OC(C)C. The first-order valence-electron chi connectivity index (χ1n) is 7.19. The summed E-state index contributed by atoms with van der Waals surface area (Å²) in [4.78, 5) is 0. The molecule has 5 nitrogen and oxygen atoms in total. The molecule has 0 radical (unpaired) electrons. The van der Waals surface area contributed by atoms with Gasteiger partial charge in [0, 0.05) is 5.69 Å². The summed E-state index contributed by atoms with van der Waals surface area (Å²) in [5.74, 6) is 0. The highest BCUT2D eigenvalue weighted by atomic mass is 31.2. The number of ether oxygens (including phenoxy) is 1. The van der Waals surface area contributed by atoms with E-state index in [1.807, 2.05) is 52.0 Å². The average Bonchev–Trinajstić information content (AvgIpc) is 2.36. The molecule has 6 heteroatoms. The molecule has 0 aliphatic carbocycles. The number of hydrogen-bond donors (Lipinski definition) is 1. The zero-order valence-corrected chi connectivity index (χ0v) is 14.1. The van der Waals surface area contributed by atoms with E-state index in [9.17, 15) is 4.57 Å². The lowest BCUT2D eigenvalue weighted by atomic mass is 10.1. The summed E-state index contributed by atoms with van der Waals surface area (Å²) in [6, 6.07) is 7.55. The van der Waals surface area contributed by atoms with E-state index in [2.05, 4.69) is 0 Å². The quantitative estimate of drug-likeness (QED) is 0.554. The van der Waals surface area contributed by atoms with Gasteiger partial charge in [-0.15, -0.1) is 0 Å². The lowest BCUT2D eigenvalue weighted by molar-refractivity contribution is 0.0796. The third-order valence-corrected chi connectivity index (χ3v) is 4.35. The summed E-state index contributed by atoms with van der Waals surface area (Å²) in [6.45, 7) is 7.71. The minimum atomic E-state index is -3.23. The van der Waals surface area contributed by atoms with E-state index in [0.717, 1.165) is 5.56 Å². The molecule has 1 unspecified atom stereocenters. The van der Waals surface area contributed by atoms with Crippen molar-refractivity contribution >= 4 is 13.3 Å². The van der Waals surface area contributed by atoms with Gasteiger partial charge in [-0.1, -0.05) is 12.1 Å². The smallest absolute Gasteiger partial charge is 0.356 e. The Labute approximate surface area is 127 Å². The fourth-order valence-corrected chi connectivity index (χ4v) is 3.40. The van der Waals surface area contributed by atoms with E-state index in [1.54, 1.807) is 0 Å². The van der Waals surface area contributed by atoms with Crippen LogP contribution in [0.2, 0.25) is 0 Å². The van der Waals surface area contributed by atoms with Crippen LogP contribution in [0.25, 0.3) is 0 Å². The molecule has 0 heterocycles. The standard InChI is InChI=1S/C15H26NO4P/c1-12(2)18-11-21(17,20-13(3)4)19-9-8-14-6-5-7-15(16)10-14/h5-7,10,12-13H,8-9,11,16H2,1-4H3. The molecule has 2 N–H and O–H groups in total. The van der Waals surface area contributed by atoms with Crippen molar-refractivity contribution in [2.45, 2.75) is 46.3 Å². The minimum Gasteiger partial charge on any atom is -0.399 e. The van der Waals surface area contributed by atoms with Crippen LogP contribution in [-0.2, 0) is 24.8 Å². The average molecular weight is 315 g/mol. The molecule has 0 saturated carbocycles. The van der Waals surface area contributed by atoms with Crippen molar-refractivity contribution in [2.75, 3.05) is 18.7 Å². The van der Waals surface area contributed by atoms with Crippen molar-refractivity contribution in [3.05, 3.63) is 29.8 Å². The zero-order valence-electron chi connectivity index (χ0n) is 13.2. The van der Waals surface area contributed by atoms with Crippen molar-refractivity contribution in [3.8, 4) is 0 Å². The Morgan fingerprint density at radius 1 is 1.19 bits per heavy atom. The molecular formula is C15H26NO4P. The van der Waals surface area contributed by atoms with Crippen LogP contribution in [0.1, 0.15) is 33.3 Å². The third-order valence-electron chi connectivity index (χ3n) is 2.57. The molecule has 1 aromatic rings. The Hall–Kier alpha value is -0.870. The summed E-state index contributed by atoms with van der Waals surface area (Å²) >= 11 is 0. The first-order valence-corrected chi connectivity index (χ1v) is 8.91. The predicted molar refractivity (Wildman–Crippen MR) is 85.4 cm³/mol. The van der Waals surface area contributed by atoms with Crippen LogP contribution in [0.4, 0.5) is 5.69 Å². The van der Waals surface area contributed by atoms with Crippen LogP contribution >= 0.6 is 7.60 Å². The van der Waals surface area contributed by atoms with Gasteiger partial charge in [-0.05, 0) is 51.8 Å². The molecular weight excluding hydrogens is 289 g/mol.